The molecular weight excluding hydrogens is 212 g/mol. The van der Waals surface area contributed by atoms with Gasteiger partial charge in [0.05, 0.1) is 6.61 Å². The van der Waals surface area contributed by atoms with Crippen LogP contribution in [0.2, 0.25) is 0 Å². The average Bonchev–Trinajstić information content (AvgIpc) is 3.22. The smallest absolute Gasteiger partial charge is 0.317 e. The molecule has 1 unspecified atom stereocenters. The van der Waals surface area contributed by atoms with Crippen LogP contribution in [0.5, 0.6) is 0 Å². The third-order valence-corrected chi connectivity index (χ3v) is 3.45. The van der Waals surface area contributed by atoms with E-state index in [2.05, 4.69) is 12.1 Å². The molecule has 0 saturated heterocycles. The summed E-state index contributed by atoms with van der Waals surface area (Å²) in [7, 11) is 0. The van der Waals surface area contributed by atoms with E-state index in [4.69, 9.17) is 4.74 Å². The molecule has 88 valence electrons. The normalized spacial score (nSPS) is 22.5. The van der Waals surface area contributed by atoms with Crippen molar-refractivity contribution in [2.24, 2.45) is 11.8 Å². The van der Waals surface area contributed by atoms with Crippen LogP contribution < -0.4 is 0 Å². The van der Waals surface area contributed by atoms with Crippen LogP contribution in [-0.2, 0) is 9.53 Å². The fraction of sp³-hybridized carbons (Fsp3) is 0.400. The van der Waals surface area contributed by atoms with Crippen LogP contribution in [0.3, 0.4) is 0 Å². The van der Waals surface area contributed by atoms with Gasteiger partial charge < -0.3 is 4.74 Å². The summed E-state index contributed by atoms with van der Waals surface area (Å²) in [5.74, 6) is 0.553. The Morgan fingerprint density at radius 1 is 1.29 bits per heavy atom. The molecule has 17 heavy (non-hydrogen) atoms. The van der Waals surface area contributed by atoms with Gasteiger partial charge in [-0.3, -0.25) is 4.79 Å². The third kappa shape index (κ3) is 1.88. The molecule has 2 aliphatic rings. The van der Waals surface area contributed by atoms with Crippen LogP contribution in [0, 0.1) is 11.8 Å². The van der Waals surface area contributed by atoms with E-state index in [0.29, 0.717) is 12.5 Å². The molecule has 0 radical (unpaired) electrons. The number of carbonyl (C=O) groups is 1. The second kappa shape index (κ2) is 4.02. The summed E-state index contributed by atoms with van der Waals surface area (Å²) in [5.41, 5.74) is 3.76. The summed E-state index contributed by atoms with van der Waals surface area (Å²) in [6.07, 6.45) is 2.48. The Balaban J connectivity index is 1.84. The van der Waals surface area contributed by atoms with Crippen LogP contribution in [0.25, 0.3) is 5.57 Å². The minimum absolute atomic E-state index is 0.0372. The molecule has 0 N–H and O–H groups in total. The van der Waals surface area contributed by atoms with E-state index < -0.39 is 0 Å². The van der Waals surface area contributed by atoms with E-state index in [-0.39, 0.29) is 11.9 Å². The van der Waals surface area contributed by atoms with Crippen molar-refractivity contribution in [1.29, 1.82) is 0 Å². The number of hydrogen-bond donors (Lipinski definition) is 0. The first kappa shape index (κ1) is 10.6. The van der Waals surface area contributed by atoms with Gasteiger partial charge in [0.2, 0.25) is 0 Å². The highest BCUT2D eigenvalue weighted by Gasteiger charge is 2.50. The highest BCUT2D eigenvalue weighted by atomic mass is 16.5. The maximum absolute atomic E-state index is 11.9. The summed E-state index contributed by atoms with van der Waals surface area (Å²) < 4.78 is 5.15. The molecule has 0 aromatic heterocycles. The maximum atomic E-state index is 11.9. The van der Waals surface area contributed by atoms with Crippen LogP contribution >= 0.6 is 0 Å². The molecule has 2 heteroatoms. The molecular formula is C15H16O2. The van der Waals surface area contributed by atoms with Crippen molar-refractivity contribution in [3.05, 3.63) is 41.5 Å². The van der Waals surface area contributed by atoms with E-state index in [1.807, 2.05) is 25.1 Å². The topological polar surface area (TPSA) is 26.3 Å². The molecule has 0 bridgehead atoms. The minimum Gasteiger partial charge on any atom is -0.465 e. The van der Waals surface area contributed by atoms with E-state index in [1.165, 1.54) is 29.6 Å². The van der Waals surface area contributed by atoms with Gasteiger partial charge in [-0.2, -0.15) is 0 Å². The molecule has 2 nitrogen and oxygen atoms in total. The standard InChI is InChI=1S/C15H16O2/c1-2-17-15(16)14-12(13(14)11-8-9-11)10-6-4-3-5-7-10/h3-7,11,14H,2,8-9H2,1H3. The highest BCUT2D eigenvalue weighted by Crippen LogP contribution is 2.58. The fourth-order valence-electron chi connectivity index (χ4n) is 2.51. The van der Waals surface area contributed by atoms with Crippen LogP contribution in [-0.4, -0.2) is 12.6 Å². The summed E-state index contributed by atoms with van der Waals surface area (Å²) in [5, 5.41) is 0. The van der Waals surface area contributed by atoms with Gasteiger partial charge in [0.25, 0.3) is 0 Å². The van der Waals surface area contributed by atoms with Gasteiger partial charge in [-0.25, -0.2) is 0 Å². The lowest BCUT2D eigenvalue weighted by Crippen LogP contribution is -2.09. The molecule has 0 spiro atoms. The first-order valence-corrected chi connectivity index (χ1v) is 6.29. The second-order valence-electron chi connectivity index (χ2n) is 4.69. The summed E-state index contributed by atoms with van der Waals surface area (Å²) >= 11 is 0. The molecule has 1 aromatic carbocycles. The lowest BCUT2D eigenvalue weighted by molar-refractivity contribution is -0.143. The van der Waals surface area contributed by atoms with Gasteiger partial charge >= 0.3 is 5.97 Å². The van der Waals surface area contributed by atoms with Crippen molar-refractivity contribution in [2.75, 3.05) is 6.61 Å². The number of hydrogen-bond acceptors (Lipinski definition) is 2. The lowest BCUT2D eigenvalue weighted by Gasteiger charge is -2.02. The Labute approximate surface area is 101 Å². The van der Waals surface area contributed by atoms with Gasteiger partial charge in [-0.1, -0.05) is 30.3 Å². The van der Waals surface area contributed by atoms with Crippen LogP contribution in [0.4, 0.5) is 0 Å². The third-order valence-electron chi connectivity index (χ3n) is 3.45. The molecule has 1 atom stereocenters. The van der Waals surface area contributed by atoms with Gasteiger partial charge in [-0.15, -0.1) is 0 Å². The first-order chi connectivity index (χ1) is 8.33. The summed E-state index contributed by atoms with van der Waals surface area (Å²) in [6, 6.07) is 10.2. The molecule has 2 aliphatic carbocycles. The van der Waals surface area contributed by atoms with E-state index >= 15 is 0 Å². The second-order valence-corrected chi connectivity index (χ2v) is 4.69. The Morgan fingerprint density at radius 2 is 2.00 bits per heavy atom. The average molecular weight is 228 g/mol. The Hall–Kier alpha value is -1.57. The summed E-state index contributed by atoms with van der Waals surface area (Å²) in [4.78, 5) is 11.9. The first-order valence-electron chi connectivity index (χ1n) is 6.29. The number of rotatable bonds is 4. The van der Waals surface area contributed by atoms with Gasteiger partial charge in [-0.05, 0) is 42.4 Å². The SMILES string of the molecule is CCOC(=O)C1C(c2ccccc2)=C1C1CC1. The Morgan fingerprint density at radius 3 is 2.59 bits per heavy atom. The number of carbonyl (C=O) groups excluding carboxylic acids is 1. The van der Waals surface area contributed by atoms with E-state index in [1.54, 1.807) is 0 Å². The van der Waals surface area contributed by atoms with Gasteiger partial charge in [0.15, 0.2) is 0 Å². The van der Waals surface area contributed by atoms with Crippen molar-refractivity contribution in [2.45, 2.75) is 19.8 Å². The zero-order valence-electron chi connectivity index (χ0n) is 9.98. The minimum atomic E-state index is -0.0618. The zero-order valence-corrected chi connectivity index (χ0v) is 9.98. The number of benzene rings is 1. The van der Waals surface area contributed by atoms with E-state index in [0.717, 1.165) is 0 Å². The number of esters is 1. The fourth-order valence-corrected chi connectivity index (χ4v) is 2.51. The van der Waals surface area contributed by atoms with Gasteiger partial charge in [0, 0.05) is 0 Å². The van der Waals surface area contributed by atoms with Crippen molar-refractivity contribution in [1.82, 2.24) is 0 Å². The van der Waals surface area contributed by atoms with Crippen LogP contribution in [0.1, 0.15) is 25.3 Å². The monoisotopic (exact) mass is 228 g/mol. The van der Waals surface area contributed by atoms with Crippen molar-refractivity contribution in [3.63, 3.8) is 0 Å². The Bertz CT molecular complexity index is 469. The molecule has 1 saturated carbocycles. The number of ether oxygens (including phenoxy) is 1. The quantitative estimate of drug-likeness (QED) is 0.740. The molecule has 0 aliphatic heterocycles. The lowest BCUT2D eigenvalue weighted by atomic mass is 10.1. The predicted octanol–water partition coefficient (Wildman–Crippen LogP) is 3.04. The van der Waals surface area contributed by atoms with Gasteiger partial charge in [0.1, 0.15) is 5.92 Å². The zero-order chi connectivity index (χ0) is 11.8. The van der Waals surface area contributed by atoms with Crippen molar-refractivity contribution < 1.29 is 9.53 Å². The molecule has 3 rings (SSSR count). The van der Waals surface area contributed by atoms with E-state index in [9.17, 15) is 4.79 Å². The molecule has 0 heterocycles. The molecule has 0 amide bonds. The maximum Gasteiger partial charge on any atom is 0.317 e. The highest BCUT2D eigenvalue weighted by molar-refractivity contribution is 6.04. The van der Waals surface area contributed by atoms with Crippen LogP contribution in [0.15, 0.2) is 35.9 Å². The largest absolute Gasteiger partial charge is 0.465 e. The van der Waals surface area contributed by atoms with Crippen molar-refractivity contribution in [3.8, 4) is 0 Å². The predicted molar refractivity (Wildman–Crippen MR) is 66.2 cm³/mol. The molecule has 1 aromatic rings. The van der Waals surface area contributed by atoms with Crippen molar-refractivity contribution >= 4 is 11.5 Å². The molecule has 1 fully saturated rings. The Kier molecular flexibility index (Phi) is 2.50. The summed E-state index contributed by atoms with van der Waals surface area (Å²) in [6.45, 7) is 2.33.